The van der Waals surface area contributed by atoms with E-state index in [-0.39, 0.29) is 0 Å². The summed E-state index contributed by atoms with van der Waals surface area (Å²) in [5.74, 6) is 1.50. The van der Waals surface area contributed by atoms with Gasteiger partial charge in [-0.1, -0.05) is 6.07 Å². The fourth-order valence-corrected chi connectivity index (χ4v) is 2.55. The van der Waals surface area contributed by atoms with Gasteiger partial charge in [0.1, 0.15) is 5.82 Å². The van der Waals surface area contributed by atoms with E-state index in [9.17, 15) is 0 Å². The fraction of sp³-hybridized carbons (Fsp3) is 0.263. The van der Waals surface area contributed by atoms with Crippen LogP contribution < -0.4 is 10.6 Å². The van der Waals surface area contributed by atoms with Gasteiger partial charge in [0.15, 0.2) is 0 Å². The van der Waals surface area contributed by atoms with Gasteiger partial charge in [0.2, 0.25) is 5.95 Å². The van der Waals surface area contributed by atoms with Crippen LogP contribution in [0, 0.1) is 0 Å². The summed E-state index contributed by atoms with van der Waals surface area (Å²) in [5.41, 5.74) is 2.99. The lowest BCUT2D eigenvalue weighted by Gasteiger charge is -2.11. The molecular formula is C19H20N6. The highest BCUT2D eigenvalue weighted by Crippen LogP contribution is 2.26. The van der Waals surface area contributed by atoms with Crippen LogP contribution in [-0.2, 0) is 6.42 Å². The third kappa shape index (κ3) is 4.29. The molecule has 0 atom stereocenters. The average molecular weight is 332 g/mol. The Labute approximate surface area is 146 Å². The number of pyridine rings is 2. The smallest absolute Gasteiger partial charge is 0.225 e. The number of hydrogen-bond donors (Lipinski definition) is 2. The van der Waals surface area contributed by atoms with Crippen molar-refractivity contribution in [2.24, 2.45) is 0 Å². The molecular weight excluding hydrogens is 312 g/mol. The van der Waals surface area contributed by atoms with Crippen LogP contribution in [0.3, 0.4) is 0 Å². The molecule has 0 saturated heterocycles. The Kier molecular flexibility index (Phi) is 4.50. The monoisotopic (exact) mass is 332 g/mol. The summed E-state index contributed by atoms with van der Waals surface area (Å²) in [4.78, 5) is 17.7. The molecule has 0 spiro atoms. The van der Waals surface area contributed by atoms with Crippen molar-refractivity contribution in [1.29, 1.82) is 0 Å². The van der Waals surface area contributed by atoms with Crippen LogP contribution in [0.5, 0.6) is 0 Å². The van der Waals surface area contributed by atoms with E-state index in [1.807, 2.05) is 42.6 Å². The molecule has 1 aliphatic rings. The van der Waals surface area contributed by atoms with Crippen molar-refractivity contribution in [1.82, 2.24) is 19.9 Å². The number of rotatable bonds is 7. The molecule has 3 heterocycles. The second-order valence-corrected chi connectivity index (χ2v) is 6.11. The average Bonchev–Trinajstić information content (AvgIpc) is 3.47. The minimum atomic E-state index is 0.508. The molecule has 0 bridgehead atoms. The first-order valence-corrected chi connectivity index (χ1v) is 8.56. The minimum Gasteiger partial charge on any atom is -0.369 e. The standard InChI is InChI=1S/C19H20N6/c1-2-9-21-15(3-1)8-12-22-18-13-17(14-6-10-20-11-7-14)24-19(25-18)23-16-4-5-16/h1-3,6-7,9-11,13,16H,4-5,8,12H2,(H2,22,23,24,25). The van der Waals surface area contributed by atoms with Crippen LogP contribution in [0.25, 0.3) is 11.3 Å². The van der Waals surface area contributed by atoms with E-state index in [0.29, 0.717) is 12.0 Å². The summed E-state index contributed by atoms with van der Waals surface area (Å²) in [7, 11) is 0. The third-order valence-corrected chi connectivity index (χ3v) is 4.03. The molecule has 3 aromatic heterocycles. The van der Waals surface area contributed by atoms with Gasteiger partial charge in [0.05, 0.1) is 5.69 Å². The summed E-state index contributed by atoms with van der Waals surface area (Å²) in [6.45, 7) is 0.771. The van der Waals surface area contributed by atoms with E-state index < -0.39 is 0 Å². The zero-order valence-electron chi connectivity index (χ0n) is 13.9. The first-order valence-electron chi connectivity index (χ1n) is 8.56. The number of nitrogens with zero attached hydrogens (tertiary/aromatic N) is 4. The van der Waals surface area contributed by atoms with E-state index >= 15 is 0 Å². The first-order chi connectivity index (χ1) is 12.4. The Morgan fingerprint density at radius 1 is 1.00 bits per heavy atom. The number of nitrogens with one attached hydrogen (secondary N) is 2. The van der Waals surface area contributed by atoms with Gasteiger partial charge < -0.3 is 10.6 Å². The Bertz CT molecular complexity index is 818. The predicted molar refractivity (Wildman–Crippen MR) is 98.3 cm³/mol. The molecule has 6 nitrogen and oxygen atoms in total. The van der Waals surface area contributed by atoms with Crippen molar-refractivity contribution in [3.63, 3.8) is 0 Å². The molecule has 0 amide bonds. The number of aromatic nitrogens is 4. The van der Waals surface area contributed by atoms with Gasteiger partial charge in [0.25, 0.3) is 0 Å². The maximum Gasteiger partial charge on any atom is 0.225 e. The highest BCUT2D eigenvalue weighted by atomic mass is 15.2. The van der Waals surface area contributed by atoms with Crippen LogP contribution in [0.2, 0.25) is 0 Å². The van der Waals surface area contributed by atoms with Crippen LogP contribution in [0.4, 0.5) is 11.8 Å². The van der Waals surface area contributed by atoms with Crippen molar-refractivity contribution in [3.05, 3.63) is 60.7 Å². The van der Waals surface area contributed by atoms with Gasteiger partial charge in [-0.3, -0.25) is 9.97 Å². The molecule has 1 fully saturated rings. The van der Waals surface area contributed by atoms with E-state index in [4.69, 9.17) is 0 Å². The van der Waals surface area contributed by atoms with Crippen molar-refractivity contribution < 1.29 is 0 Å². The van der Waals surface area contributed by atoms with Crippen molar-refractivity contribution in [3.8, 4) is 11.3 Å². The lowest BCUT2D eigenvalue weighted by molar-refractivity contribution is 0.949. The van der Waals surface area contributed by atoms with E-state index in [1.54, 1.807) is 12.4 Å². The number of hydrogen-bond acceptors (Lipinski definition) is 6. The Morgan fingerprint density at radius 3 is 2.64 bits per heavy atom. The lowest BCUT2D eigenvalue weighted by Crippen LogP contribution is -2.11. The van der Waals surface area contributed by atoms with Crippen molar-refractivity contribution in [2.45, 2.75) is 25.3 Å². The Balaban J connectivity index is 1.51. The topological polar surface area (TPSA) is 75.6 Å². The molecule has 0 aromatic carbocycles. The summed E-state index contributed by atoms with van der Waals surface area (Å²) in [5, 5.41) is 6.77. The van der Waals surface area contributed by atoms with Crippen molar-refractivity contribution >= 4 is 11.8 Å². The van der Waals surface area contributed by atoms with Crippen molar-refractivity contribution in [2.75, 3.05) is 17.2 Å². The van der Waals surface area contributed by atoms with Gasteiger partial charge in [-0.15, -0.1) is 0 Å². The van der Waals surface area contributed by atoms with Gasteiger partial charge in [-0.2, -0.15) is 4.98 Å². The molecule has 25 heavy (non-hydrogen) atoms. The molecule has 126 valence electrons. The quantitative estimate of drug-likeness (QED) is 0.692. The lowest BCUT2D eigenvalue weighted by atomic mass is 10.2. The van der Waals surface area contributed by atoms with E-state index in [2.05, 4.69) is 30.6 Å². The molecule has 4 rings (SSSR count). The summed E-state index contributed by atoms with van der Waals surface area (Å²) in [6.07, 6.45) is 8.59. The fourth-order valence-electron chi connectivity index (χ4n) is 2.55. The molecule has 6 heteroatoms. The molecule has 0 aliphatic heterocycles. The molecule has 0 unspecified atom stereocenters. The molecule has 1 aliphatic carbocycles. The summed E-state index contributed by atoms with van der Waals surface area (Å²) < 4.78 is 0. The van der Waals surface area contributed by atoms with Crippen LogP contribution in [0.15, 0.2) is 55.0 Å². The van der Waals surface area contributed by atoms with Gasteiger partial charge in [0, 0.05) is 54.9 Å². The number of anilines is 2. The van der Waals surface area contributed by atoms with Crippen LogP contribution in [-0.4, -0.2) is 32.5 Å². The highest BCUT2D eigenvalue weighted by molar-refractivity contribution is 5.64. The first kappa shape index (κ1) is 15.5. The maximum absolute atomic E-state index is 4.65. The third-order valence-electron chi connectivity index (χ3n) is 4.03. The SMILES string of the molecule is c1ccc(CCNc2cc(-c3ccncc3)nc(NC3CC3)n2)nc1. The molecule has 2 N–H and O–H groups in total. The molecule has 3 aromatic rings. The predicted octanol–water partition coefficient (Wildman–Crippen LogP) is 3.16. The van der Waals surface area contributed by atoms with E-state index in [0.717, 1.165) is 35.7 Å². The van der Waals surface area contributed by atoms with Crippen LogP contribution in [0.1, 0.15) is 18.5 Å². The largest absolute Gasteiger partial charge is 0.369 e. The Hall–Kier alpha value is -3.02. The highest BCUT2D eigenvalue weighted by Gasteiger charge is 2.22. The minimum absolute atomic E-state index is 0.508. The van der Waals surface area contributed by atoms with E-state index in [1.165, 1.54) is 12.8 Å². The zero-order chi connectivity index (χ0) is 16.9. The Morgan fingerprint density at radius 2 is 1.88 bits per heavy atom. The van der Waals surface area contributed by atoms with Gasteiger partial charge >= 0.3 is 0 Å². The van der Waals surface area contributed by atoms with Crippen LogP contribution >= 0.6 is 0 Å². The molecule has 0 radical (unpaired) electrons. The normalized spacial score (nSPS) is 13.4. The summed E-state index contributed by atoms with van der Waals surface area (Å²) >= 11 is 0. The molecule has 1 saturated carbocycles. The van der Waals surface area contributed by atoms with Gasteiger partial charge in [-0.05, 0) is 37.1 Å². The second-order valence-electron chi connectivity index (χ2n) is 6.11. The summed E-state index contributed by atoms with van der Waals surface area (Å²) in [6, 6.07) is 12.4. The van der Waals surface area contributed by atoms with Gasteiger partial charge in [-0.25, -0.2) is 4.98 Å². The zero-order valence-corrected chi connectivity index (χ0v) is 13.9. The maximum atomic E-state index is 4.65. The second kappa shape index (κ2) is 7.25.